The van der Waals surface area contributed by atoms with Gasteiger partial charge in [0.15, 0.2) is 0 Å². The first kappa shape index (κ1) is 19.0. The van der Waals surface area contributed by atoms with Crippen molar-refractivity contribution in [3.63, 3.8) is 0 Å². The number of fused-ring (bicyclic) bond motifs is 2. The van der Waals surface area contributed by atoms with Crippen molar-refractivity contribution in [1.82, 2.24) is 24.3 Å². The van der Waals surface area contributed by atoms with Gasteiger partial charge < -0.3 is 9.47 Å². The van der Waals surface area contributed by atoms with E-state index in [1.54, 1.807) is 12.3 Å². The Bertz CT molecular complexity index is 1020. The van der Waals surface area contributed by atoms with Crippen LogP contribution in [0.2, 0.25) is 0 Å². The number of pyridine rings is 1. The summed E-state index contributed by atoms with van der Waals surface area (Å²) in [5, 5.41) is 0. The molecule has 0 atom stereocenters. The minimum Gasteiger partial charge on any atom is -0.337 e. The van der Waals surface area contributed by atoms with E-state index in [1.807, 2.05) is 29.3 Å². The van der Waals surface area contributed by atoms with Gasteiger partial charge in [0, 0.05) is 32.4 Å². The molecule has 1 saturated heterocycles. The van der Waals surface area contributed by atoms with Crippen LogP contribution in [0.3, 0.4) is 0 Å². The van der Waals surface area contributed by atoms with Crippen molar-refractivity contribution < 1.29 is 4.79 Å². The number of likely N-dealkylation sites (N-methyl/N-ethyl adjacent to an activating group) is 1. The highest BCUT2D eigenvalue weighted by molar-refractivity contribution is 5.92. The van der Waals surface area contributed by atoms with Crippen molar-refractivity contribution >= 4 is 5.91 Å². The summed E-state index contributed by atoms with van der Waals surface area (Å²) in [5.41, 5.74) is 2.81. The highest BCUT2D eigenvalue weighted by Crippen LogP contribution is 2.42. The first-order valence-electron chi connectivity index (χ1n) is 10.8. The van der Waals surface area contributed by atoms with Crippen LogP contribution in [0, 0.1) is 0 Å². The number of hydrogen-bond acceptors (Lipinski definition) is 4. The Labute approximate surface area is 177 Å². The number of benzene rings is 1. The van der Waals surface area contributed by atoms with Gasteiger partial charge in [-0.25, -0.2) is 4.98 Å². The summed E-state index contributed by atoms with van der Waals surface area (Å²) in [6, 6.07) is 16.0. The monoisotopic (exact) mass is 401 g/mol. The molecule has 0 unspecified atom stereocenters. The van der Waals surface area contributed by atoms with Crippen LogP contribution in [0.15, 0.2) is 60.9 Å². The fourth-order valence-corrected chi connectivity index (χ4v) is 5.12. The number of piperidine rings is 1. The lowest BCUT2D eigenvalue weighted by atomic mass is 9.83. The van der Waals surface area contributed by atoms with Gasteiger partial charge in [0.25, 0.3) is 5.91 Å². The Morgan fingerprint density at radius 3 is 2.43 bits per heavy atom. The summed E-state index contributed by atoms with van der Waals surface area (Å²) < 4.78 is 2.40. The van der Waals surface area contributed by atoms with Gasteiger partial charge in [0.1, 0.15) is 11.5 Å². The molecule has 2 aliphatic rings. The lowest BCUT2D eigenvalue weighted by Crippen LogP contribution is -2.58. The molecule has 1 amide bonds. The van der Waals surface area contributed by atoms with Crippen molar-refractivity contribution in [2.24, 2.45) is 0 Å². The van der Waals surface area contributed by atoms with Crippen LogP contribution >= 0.6 is 0 Å². The molecule has 1 aromatic carbocycles. The summed E-state index contributed by atoms with van der Waals surface area (Å²) in [6.07, 6.45) is 5.49. The van der Waals surface area contributed by atoms with E-state index in [0.29, 0.717) is 5.69 Å². The number of aromatic nitrogens is 3. The minimum atomic E-state index is -0.110. The van der Waals surface area contributed by atoms with E-state index in [0.717, 1.165) is 51.4 Å². The molecule has 6 nitrogen and oxygen atoms in total. The Kier molecular flexibility index (Phi) is 4.87. The Morgan fingerprint density at radius 2 is 1.73 bits per heavy atom. The summed E-state index contributed by atoms with van der Waals surface area (Å²) >= 11 is 0. The van der Waals surface area contributed by atoms with Crippen molar-refractivity contribution in [3.8, 4) is 11.3 Å². The molecular weight excluding hydrogens is 374 g/mol. The molecule has 0 N–H and O–H groups in total. The third kappa shape index (κ3) is 3.03. The van der Waals surface area contributed by atoms with Crippen molar-refractivity contribution in [2.45, 2.75) is 31.8 Å². The zero-order valence-corrected chi connectivity index (χ0v) is 17.4. The highest BCUT2D eigenvalue weighted by Gasteiger charge is 2.47. The Hall–Kier alpha value is -2.99. The molecule has 0 saturated carbocycles. The second-order valence-corrected chi connectivity index (χ2v) is 8.10. The van der Waals surface area contributed by atoms with E-state index in [2.05, 4.69) is 45.6 Å². The third-order valence-electron chi connectivity index (χ3n) is 6.68. The molecule has 154 valence electrons. The zero-order valence-electron chi connectivity index (χ0n) is 17.4. The maximum absolute atomic E-state index is 12.9. The summed E-state index contributed by atoms with van der Waals surface area (Å²) in [6.45, 7) is 6.62. The van der Waals surface area contributed by atoms with E-state index >= 15 is 0 Å². The molecule has 2 aromatic heterocycles. The molecule has 1 fully saturated rings. The first-order valence-corrected chi connectivity index (χ1v) is 10.8. The van der Waals surface area contributed by atoms with Gasteiger partial charge in [-0.1, -0.05) is 43.3 Å². The van der Waals surface area contributed by atoms with Crippen LogP contribution in [0.25, 0.3) is 11.3 Å². The van der Waals surface area contributed by atoms with Crippen LogP contribution in [-0.4, -0.2) is 56.4 Å². The molecule has 5 rings (SSSR count). The van der Waals surface area contributed by atoms with Gasteiger partial charge in [0.05, 0.1) is 17.4 Å². The first-order chi connectivity index (χ1) is 14.7. The average Bonchev–Trinajstić information content (AvgIpc) is 3.26. The van der Waals surface area contributed by atoms with E-state index in [4.69, 9.17) is 4.98 Å². The number of likely N-dealkylation sites (tertiary alicyclic amines) is 1. The van der Waals surface area contributed by atoms with Gasteiger partial charge in [-0.15, -0.1) is 0 Å². The third-order valence-corrected chi connectivity index (χ3v) is 6.68. The number of imidazole rings is 1. The van der Waals surface area contributed by atoms with E-state index in [9.17, 15) is 4.79 Å². The molecule has 0 aliphatic carbocycles. The van der Waals surface area contributed by atoms with E-state index < -0.39 is 0 Å². The van der Waals surface area contributed by atoms with Gasteiger partial charge in [-0.05, 0) is 37.1 Å². The van der Waals surface area contributed by atoms with Crippen molar-refractivity contribution in [2.75, 3.05) is 26.2 Å². The Morgan fingerprint density at radius 1 is 0.967 bits per heavy atom. The predicted octanol–water partition coefficient (Wildman–Crippen LogP) is 3.41. The van der Waals surface area contributed by atoms with Crippen LogP contribution < -0.4 is 0 Å². The van der Waals surface area contributed by atoms with Gasteiger partial charge >= 0.3 is 0 Å². The molecule has 30 heavy (non-hydrogen) atoms. The number of rotatable bonds is 3. The largest absolute Gasteiger partial charge is 0.337 e. The lowest BCUT2D eigenvalue weighted by Gasteiger charge is -2.50. The fourth-order valence-electron chi connectivity index (χ4n) is 5.12. The molecule has 0 bridgehead atoms. The second-order valence-electron chi connectivity index (χ2n) is 8.10. The summed E-state index contributed by atoms with van der Waals surface area (Å²) in [5.74, 6) is 1.18. The van der Waals surface area contributed by atoms with E-state index in [1.165, 1.54) is 11.3 Å². The van der Waals surface area contributed by atoms with Crippen LogP contribution in [-0.2, 0) is 12.1 Å². The summed E-state index contributed by atoms with van der Waals surface area (Å²) in [4.78, 5) is 26.6. The maximum atomic E-state index is 12.9. The standard InChI is InChI=1S/C24H27N5O/c1-2-28-16-17-29-21(19-8-4-3-5-9-19)18-26-23(29)24(28)11-14-27(15-12-24)22(30)20-10-6-7-13-25-20/h3-10,13,18H,2,11-12,14-17H2,1H3. The average molecular weight is 402 g/mol. The van der Waals surface area contributed by atoms with Gasteiger partial charge in [-0.2, -0.15) is 0 Å². The minimum absolute atomic E-state index is 0.0256. The predicted molar refractivity (Wildman–Crippen MR) is 116 cm³/mol. The quantitative estimate of drug-likeness (QED) is 0.675. The van der Waals surface area contributed by atoms with Crippen LogP contribution in [0.4, 0.5) is 0 Å². The smallest absolute Gasteiger partial charge is 0.272 e. The molecule has 0 radical (unpaired) electrons. The molecular formula is C24H27N5O. The summed E-state index contributed by atoms with van der Waals surface area (Å²) in [7, 11) is 0. The number of carbonyl (C=O) groups excluding carboxylic acids is 1. The van der Waals surface area contributed by atoms with E-state index in [-0.39, 0.29) is 11.4 Å². The number of amides is 1. The van der Waals surface area contributed by atoms with Crippen molar-refractivity contribution in [3.05, 3.63) is 72.4 Å². The Balaban J connectivity index is 1.44. The highest BCUT2D eigenvalue weighted by atomic mass is 16.2. The van der Waals surface area contributed by atoms with Gasteiger partial charge in [0.2, 0.25) is 0 Å². The number of carbonyl (C=O) groups is 1. The number of hydrogen-bond donors (Lipinski definition) is 0. The number of nitrogens with zero attached hydrogens (tertiary/aromatic N) is 5. The molecule has 3 aromatic rings. The fraction of sp³-hybridized carbons (Fsp3) is 0.375. The second kappa shape index (κ2) is 7.69. The molecule has 4 heterocycles. The van der Waals surface area contributed by atoms with Crippen molar-refractivity contribution in [1.29, 1.82) is 0 Å². The lowest BCUT2D eigenvalue weighted by molar-refractivity contribution is -0.00328. The normalized spacial score (nSPS) is 18.4. The molecule has 6 heteroatoms. The topological polar surface area (TPSA) is 54.3 Å². The van der Waals surface area contributed by atoms with Crippen LogP contribution in [0.5, 0.6) is 0 Å². The SMILES string of the molecule is CCN1CCn2c(-c3ccccc3)cnc2C12CCN(C(=O)c1ccccn1)CC2. The zero-order chi connectivity index (χ0) is 20.6. The maximum Gasteiger partial charge on any atom is 0.272 e. The van der Waals surface area contributed by atoms with Gasteiger partial charge in [-0.3, -0.25) is 14.7 Å². The van der Waals surface area contributed by atoms with Crippen LogP contribution in [0.1, 0.15) is 36.1 Å². The molecule has 2 aliphatic heterocycles. The molecule has 1 spiro atoms.